The number of esters is 2. The monoisotopic (exact) mass is 400 g/mol. The van der Waals surface area contributed by atoms with Gasteiger partial charge in [0.05, 0.1) is 37.3 Å². The Labute approximate surface area is 160 Å². The Morgan fingerprint density at radius 3 is 1.93 bits per heavy atom. The standard InChI is InChI=1S/C9H12O5.C9H10O4.H2O/c10-7(11)4-9(8(12)13)3-5-1-2-6(9)14-5;10-7-4-9(8(11)13-7)3-5-1-2-6(9)12-5;/h5-6H,1-4H2,(H,10,11)(H,12,13);5-6H,1-4H2;1H2. The van der Waals surface area contributed by atoms with Crippen molar-refractivity contribution in [2.45, 2.75) is 75.8 Å². The van der Waals surface area contributed by atoms with Crippen molar-refractivity contribution in [2.75, 3.05) is 0 Å². The Hall–Kier alpha value is -2.04. The Bertz CT molecular complexity index is 704. The number of aliphatic carboxylic acids is 2. The molecule has 0 amide bonds. The molecule has 5 saturated heterocycles. The minimum atomic E-state index is -1.17. The quantitative estimate of drug-likeness (QED) is 0.491. The number of ether oxygens (including phenoxy) is 3. The van der Waals surface area contributed by atoms with Crippen LogP contribution in [0.3, 0.4) is 0 Å². The van der Waals surface area contributed by atoms with Gasteiger partial charge in [0, 0.05) is 0 Å². The van der Waals surface area contributed by atoms with Crippen molar-refractivity contribution in [3.8, 4) is 0 Å². The summed E-state index contributed by atoms with van der Waals surface area (Å²) in [5.41, 5.74) is -1.77. The van der Waals surface area contributed by atoms with Crippen LogP contribution >= 0.6 is 0 Å². The second-order valence-electron chi connectivity index (χ2n) is 8.18. The van der Waals surface area contributed by atoms with Crippen molar-refractivity contribution in [1.82, 2.24) is 0 Å². The number of hydrogen-bond donors (Lipinski definition) is 2. The van der Waals surface area contributed by atoms with Crippen LogP contribution < -0.4 is 0 Å². The molecule has 0 aromatic heterocycles. The van der Waals surface area contributed by atoms with Gasteiger partial charge in [-0.2, -0.15) is 0 Å². The van der Waals surface area contributed by atoms with Crippen molar-refractivity contribution in [1.29, 1.82) is 0 Å². The van der Waals surface area contributed by atoms with E-state index in [0.717, 1.165) is 19.3 Å². The van der Waals surface area contributed by atoms with E-state index in [9.17, 15) is 19.2 Å². The molecule has 5 heterocycles. The number of carboxylic acid groups (broad SMARTS) is 2. The Morgan fingerprint density at radius 1 is 0.964 bits per heavy atom. The largest absolute Gasteiger partial charge is 0.481 e. The summed E-state index contributed by atoms with van der Waals surface area (Å²) in [5, 5.41) is 17.8. The van der Waals surface area contributed by atoms with E-state index in [1.165, 1.54) is 0 Å². The first kappa shape index (κ1) is 20.7. The summed E-state index contributed by atoms with van der Waals surface area (Å²) in [5.74, 6) is -2.85. The first-order chi connectivity index (χ1) is 12.7. The molecule has 10 nitrogen and oxygen atoms in total. The number of fused-ring (bicyclic) bond motifs is 5. The Morgan fingerprint density at radius 2 is 1.57 bits per heavy atom. The third-order valence-corrected chi connectivity index (χ3v) is 6.60. The van der Waals surface area contributed by atoms with E-state index in [1.54, 1.807) is 0 Å². The zero-order valence-corrected chi connectivity index (χ0v) is 15.2. The van der Waals surface area contributed by atoms with Crippen molar-refractivity contribution in [3.63, 3.8) is 0 Å². The SMILES string of the molecule is O.O=C(O)CC1(C(=O)O)CC2CCC1O2.O=C1CC2(CC3CCC2O3)C(=O)O1. The Balaban J connectivity index is 0.000000155. The fourth-order valence-corrected chi connectivity index (χ4v) is 5.33. The highest BCUT2D eigenvalue weighted by atomic mass is 16.6. The molecule has 0 radical (unpaired) electrons. The molecule has 5 aliphatic rings. The number of hydrogen-bond acceptors (Lipinski definition) is 7. The van der Waals surface area contributed by atoms with E-state index in [4.69, 9.17) is 19.7 Å². The predicted octanol–water partition coefficient (Wildman–Crippen LogP) is 0.0563. The maximum atomic E-state index is 11.5. The number of carbonyl (C=O) groups excluding carboxylic acids is 2. The molecule has 10 heteroatoms. The normalized spacial score (nSPS) is 42.1. The number of carbonyl (C=O) groups is 4. The van der Waals surface area contributed by atoms with Gasteiger partial charge in [-0.25, -0.2) is 0 Å². The van der Waals surface area contributed by atoms with Gasteiger partial charge in [0.15, 0.2) is 0 Å². The first-order valence-corrected chi connectivity index (χ1v) is 9.26. The average Bonchev–Trinajstić information content (AvgIpc) is 3.36. The molecule has 156 valence electrons. The van der Waals surface area contributed by atoms with Crippen LogP contribution in [0.15, 0.2) is 0 Å². The van der Waals surface area contributed by atoms with E-state index >= 15 is 0 Å². The number of cyclic esters (lactones) is 2. The summed E-state index contributed by atoms with van der Waals surface area (Å²) in [6.07, 6.45) is 4.05. The molecule has 4 N–H and O–H groups in total. The van der Waals surface area contributed by atoms with Crippen LogP contribution in [-0.4, -0.2) is 64.0 Å². The van der Waals surface area contributed by atoms with Crippen LogP contribution in [0.4, 0.5) is 0 Å². The molecule has 0 aromatic rings. The summed E-state index contributed by atoms with van der Waals surface area (Å²) in [6.45, 7) is 0. The van der Waals surface area contributed by atoms with E-state index in [2.05, 4.69) is 4.74 Å². The fraction of sp³-hybridized carbons (Fsp3) is 0.778. The summed E-state index contributed by atoms with van der Waals surface area (Å²) in [7, 11) is 0. The van der Waals surface area contributed by atoms with Gasteiger partial charge in [0.1, 0.15) is 10.8 Å². The second-order valence-corrected chi connectivity index (χ2v) is 8.18. The molecule has 0 saturated carbocycles. The molecule has 1 spiro atoms. The third-order valence-electron chi connectivity index (χ3n) is 6.60. The zero-order valence-electron chi connectivity index (χ0n) is 15.2. The number of carboxylic acids is 2. The van der Waals surface area contributed by atoms with E-state index in [-0.39, 0.29) is 48.6 Å². The second kappa shape index (κ2) is 7.09. The highest BCUT2D eigenvalue weighted by molar-refractivity contribution is 5.98. The lowest BCUT2D eigenvalue weighted by molar-refractivity contribution is -0.159. The van der Waals surface area contributed by atoms with E-state index < -0.39 is 28.9 Å². The van der Waals surface area contributed by atoms with Gasteiger partial charge in [-0.05, 0) is 38.5 Å². The average molecular weight is 400 g/mol. The van der Waals surface area contributed by atoms with Crippen LogP contribution in [0.2, 0.25) is 0 Å². The molecular weight excluding hydrogens is 376 g/mol. The van der Waals surface area contributed by atoms with Gasteiger partial charge in [-0.15, -0.1) is 0 Å². The molecule has 5 rings (SSSR count). The summed E-state index contributed by atoms with van der Waals surface area (Å²) >= 11 is 0. The van der Waals surface area contributed by atoms with Crippen LogP contribution in [0.25, 0.3) is 0 Å². The minimum absolute atomic E-state index is 0. The van der Waals surface area contributed by atoms with Crippen molar-refractivity contribution in [2.24, 2.45) is 10.8 Å². The van der Waals surface area contributed by atoms with Gasteiger partial charge in [-0.1, -0.05) is 0 Å². The molecule has 0 aromatic carbocycles. The van der Waals surface area contributed by atoms with Crippen LogP contribution in [0.5, 0.6) is 0 Å². The third kappa shape index (κ3) is 3.09. The molecule has 28 heavy (non-hydrogen) atoms. The minimum Gasteiger partial charge on any atom is -0.481 e. The lowest BCUT2D eigenvalue weighted by Crippen LogP contribution is -2.42. The first-order valence-electron chi connectivity index (χ1n) is 9.26. The highest BCUT2D eigenvalue weighted by Gasteiger charge is 2.62. The molecular formula is C18H24O10. The van der Waals surface area contributed by atoms with E-state index in [1.807, 2.05) is 0 Å². The molecule has 4 bridgehead atoms. The lowest BCUT2D eigenvalue weighted by Gasteiger charge is -2.28. The lowest BCUT2D eigenvalue weighted by atomic mass is 9.72. The van der Waals surface area contributed by atoms with Crippen LogP contribution in [-0.2, 0) is 33.4 Å². The van der Waals surface area contributed by atoms with Crippen LogP contribution in [0.1, 0.15) is 51.4 Å². The molecule has 6 atom stereocenters. The predicted molar refractivity (Wildman–Crippen MR) is 89.1 cm³/mol. The van der Waals surface area contributed by atoms with E-state index in [0.29, 0.717) is 19.3 Å². The van der Waals surface area contributed by atoms with Crippen molar-refractivity contribution in [3.05, 3.63) is 0 Å². The summed E-state index contributed by atoms with van der Waals surface area (Å²) in [6, 6.07) is 0. The molecule has 5 fully saturated rings. The van der Waals surface area contributed by atoms with Crippen LogP contribution in [0, 0.1) is 10.8 Å². The maximum Gasteiger partial charge on any atom is 0.323 e. The molecule has 0 aliphatic carbocycles. The van der Waals surface area contributed by atoms with Crippen molar-refractivity contribution < 1.29 is 49.1 Å². The van der Waals surface area contributed by atoms with Crippen molar-refractivity contribution >= 4 is 23.9 Å². The van der Waals surface area contributed by atoms with Gasteiger partial charge in [-0.3, -0.25) is 19.2 Å². The highest BCUT2D eigenvalue weighted by Crippen LogP contribution is 2.53. The summed E-state index contributed by atoms with van der Waals surface area (Å²) < 4.78 is 15.6. The molecule has 5 aliphatic heterocycles. The zero-order chi connectivity index (χ0) is 19.4. The Kier molecular flexibility index (Phi) is 5.24. The van der Waals surface area contributed by atoms with Gasteiger partial charge in [0.25, 0.3) is 0 Å². The molecule has 6 unspecified atom stereocenters. The number of rotatable bonds is 3. The van der Waals surface area contributed by atoms with Gasteiger partial charge in [0.2, 0.25) is 0 Å². The smallest absolute Gasteiger partial charge is 0.323 e. The topological polar surface area (TPSA) is 168 Å². The van der Waals surface area contributed by atoms with Gasteiger partial charge < -0.3 is 29.9 Å². The summed E-state index contributed by atoms with van der Waals surface area (Å²) in [4.78, 5) is 44.2. The van der Waals surface area contributed by atoms with Gasteiger partial charge >= 0.3 is 23.9 Å². The fourth-order valence-electron chi connectivity index (χ4n) is 5.33. The maximum absolute atomic E-state index is 11.5.